The molecule has 7 heteroatoms. The summed E-state index contributed by atoms with van der Waals surface area (Å²) in [7, 11) is 1.59. The molecule has 206 valence electrons. The van der Waals surface area contributed by atoms with Gasteiger partial charge >= 0.3 is 5.97 Å². The van der Waals surface area contributed by atoms with E-state index in [1.165, 1.54) is 0 Å². The number of hydrogen-bond acceptors (Lipinski definition) is 6. The Hall–Kier alpha value is -3.84. The summed E-state index contributed by atoms with van der Waals surface area (Å²) in [5, 5.41) is 0. The Morgan fingerprint density at radius 1 is 0.974 bits per heavy atom. The minimum Gasteiger partial charge on any atom is -0.493 e. The summed E-state index contributed by atoms with van der Waals surface area (Å²) < 4.78 is 23.6. The molecule has 0 aliphatic carbocycles. The molecule has 4 rings (SSSR count). The maximum Gasteiger partial charge on any atom is 0.329 e. The summed E-state index contributed by atoms with van der Waals surface area (Å²) >= 11 is 0. The number of amides is 1. The first-order chi connectivity index (χ1) is 18.7. The summed E-state index contributed by atoms with van der Waals surface area (Å²) in [6.07, 6.45) is -0.644. The number of esters is 1. The Kier molecular flexibility index (Phi) is 8.92. The molecule has 0 aromatic heterocycles. The molecule has 1 heterocycles. The summed E-state index contributed by atoms with van der Waals surface area (Å²) in [6, 6.07) is 22.1. The third-order valence-electron chi connectivity index (χ3n) is 6.52. The van der Waals surface area contributed by atoms with E-state index in [-0.39, 0.29) is 25.5 Å². The third-order valence-corrected chi connectivity index (χ3v) is 6.52. The molecule has 0 radical (unpaired) electrons. The van der Waals surface area contributed by atoms with Gasteiger partial charge in [-0.05, 0) is 50.5 Å². The van der Waals surface area contributed by atoms with Crippen LogP contribution in [0.15, 0.2) is 72.8 Å². The van der Waals surface area contributed by atoms with Crippen molar-refractivity contribution in [2.75, 3.05) is 13.7 Å². The monoisotopic (exact) mass is 531 g/mol. The molecule has 1 aliphatic rings. The van der Waals surface area contributed by atoms with E-state index in [4.69, 9.17) is 18.9 Å². The van der Waals surface area contributed by atoms with Crippen LogP contribution in [0.3, 0.4) is 0 Å². The number of hydrogen-bond donors (Lipinski definition) is 0. The van der Waals surface area contributed by atoms with Crippen LogP contribution in [0, 0.1) is 0 Å². The zero-order valence-corrected chi connectivity index (χ0v) is 23.3. The number of ether oxygens (including phenoxy) is 4. The second-order valence-electron chi connectivity index (χ2n) is 10.5. The Balaban J connectivity index is 1.72. The van der Waals surface area contributed by atoms with Crippen LogP contribution in [-0.4, -0.2) is 42.1 Å². The predicted octanol–water partition coefficient (Wildman–Crippen LogP) is 5.65. The van der Waals surface area contributed by atoms with E-state index in [0.717, 1.165) is 22.3 Å². The molecule has 0 N–H and O–H groups in total. The quantitative estimate of drug-likeness (QED) is 0.333. The number of carbonyl (C=O) groups is 2. The summed E-state index contributed by atoms with van der Waals surface area (Å²) in [5.74, 6) is 0.398. The average molecular weight is 532 g/mol. The van der Waals surface area contributed by atoms with Gasteiger partial charge in [-0.25, -0.2) is 4.79 Å². The Bertz CT molecular complexity index is 1270. The standard InChI is InChI=1S/C32H37NO6/c1-6-37-31(35)26-19-25-24(17-18-27(36-5)29(25)38-21-22-13-9-7-10-14-22)20-33(26)30(34)28(39-32(2,3)4)23-15-11-8-12-16-23/h7-18,26,28H,6,19-21H2,1-5H3. The molecule has 0 spiro atoms. The van der Waals surface area contributed by atoms with Crippen molar-refractivity contribution in [3.05, 3.63) is 95.1 Å². The average Bonchev–Trinajstić information content (AvgIpc) is 2.94. The third kappa shape index (κ3) is 6.79. The van der Waals surface area contributed by atoms with Crippen LogP contribution in [0.5, 0.6) is 11.5 Å². The number of fused-ring (bicyclic) bond motifs is 1. The topological polar surface area (TPSA) is 74.3 Å². The summed E-state index contributed by atoms with van der Waals surface area (Å²) in [6.45, 7) is 8.25. The van der Waals surface area contributed by atoms with Gasteiger partial charge in [0.25, 0.3) is 5.91 Å². The van der Waals surface area contributed by atoms with E-state index in [1.807, 2.05) is 93.6 Å². The van der Waals surface area contributed by atoms with Gasteiger partial charge < -0.3 is 23.8 Å². The largest absolute Gasteiger partial charge is 0.493 e. The number of methoxy groups -OCH3 is 1. The van der Waals surface area contributed by atoms with Gasteiger partial charge in [0.15, 0.2) is 17.6 Å². The van der Waals surface area contributed by atoms with E-state index in [0.29, 0.717) is 18.1 Å². The van der Waals surface area contributed by atoms with Gasteiger partial charge in [0.1, 0.15) is 12.6 Å². The second kappa shape index (κ2) is 12.3. The van der Waals surface area contributed by atoms with Crippen molar-refractivity contribution in [2.45, 2.75) is 65.0 Å². The molecule has 39 heavy (non-hydrogen) atoms. The van der Waals surface area contributed by atoms with Gasteiger partial charge in [0.05, 0.1) is 19.3 Å². The molecule has 3 aromatic carbocycles. The first-order valence-corrected chi connectivity index (χ1v) is 13.3. The van der Waals surface area contributed by atoms with Crippen LogP contribution in [0.2, 0.25) is 0 Å². The van der Waals surface area contributed by atoms with Crippen LogP contribution in [0.4, 0.5) is 0 Å². The van der Waals surface area contributed by atoms with Gasteiger partial charge in [-0.2, -0.15) is 0 Å². The fourth-order valence-corrected chi connectivity index (χ4v) is 4.74. The maximum atomic E-state index is 14.2. The lowest BCUT2D eigenvalue weighted by atomic mass is 9.91. The lowest BCUT2D eigenvalue weighted by molar-refractivity contribution is -0.166. The minimum atomic E-state index is -0.878. The van der Waals surface area contributed by atoms with Crippen LogP contribution in [0.25, 0.3) is 0 Å². The Labute approximate surface area is 230 Å². The fourth-order valence-electron chi connectivity index (χ4n) is 4.74. The lowest BCUT2D eigenvalue weighted by Crippen LogP contribution is -2.51. The van der Waals surface area contributed by atoms with Gasteiger partial charge in [-0.3, -0.25) is 4.79 Å². The van der Waals surface area contributed by atoms with Crippen molar-refractivity contribution < 1.29 is 28.5 Å². The zero-order chi connectivity index (χ0) is 28.0. The molecule has 1 amide bonds. The van der Waals surface area contributed by atoms with E-state index in [9.17, 15) is 9.59 Å². The van der Waals surface area contributed by atoms with Gasteiger partial charge in [-0.15, -0.1) is 0 Å². The van der Waals surface area contributed by atoms with Gasteiger partial charge in [0.2, 0.25) is 0 Å². The van der Waals surface area contributed by atoms with E-state index in [2.05, 4.69) is 0 Å². The van der Waals surface area contributed by atoms with E-state index < -0.39 is 23.7 Å². The summed E-state index contributed by atoms with van der Waals surface area (Å²) in [5.41, 5.74) is 2.87. The highest BCUT2D eigenvalue weighted by atomic mass is 16.5. The molecular weight excluding hydrogens is 494 g/mol. The molecule has 2 unspecified atom stereocenters. The lowest BCUT2D eigenvalue weighted by Gasteiger charge is -2.39. The molecule has 0 bridgehead atoms. The van der Waals surface area contributed by atoms with Crippen LogP contribution < -0.4 is 9.47 Å². The smallest absolute Gasteiger partial charge is 0.329 e. The van der Waals surface area contributed by atoms with Gasteiger partial charge in [-0.1, -0.05) is 66.7 Å². The predicted molar refractivity (Wildman–Crippen MR) is 148 cm³/mol. The highest BCUT2D eigenvalue weighted by Gasteiger charge is 2.41. The van der Waals surface area contributed by atoms with E-state index in [1.54, 1.807) is 18.9 Å². The Morgan fingerprint density at radius 3 is 2.26 bits per heavy atom. The SMILES string of the molecule is CCOC(=O)C1Cc2c(ccc(OC)c2OCc2ccccc2)CN1C(=O)C(OC(C)(C)C)c1ccccc1. The van der Waals surface area contributed by atoms with Gasteiger partial charge in [0, 0.05) is 18.5 Å². The number of rotatable bonds is 9. The number of benzene rings is 3. The van der Waals surface area contributed by atoms with Crippen LogP contribution in [0.1, 0.15) is 56.1 Å². The first kappa shape index (κ1) is 28.2. The molecule has 0 saturated heterocycles. The molecule has 2 atom stereocenters. The van der Waals surface area contributed by atoms with Crippen molar-refractivity contribution in [2.24, 2.45) is 0 Å². The minimum absolute atomic E-state index is 0.209. The zero-order valence-electron chi connectivity index (χ0n) is 23.3. The van der Waals surface area contributed by atoms with Crippen molar-refractivity contribution in [3.8, 4) is 11.5 Å². The fraction of sp³-hybridized carbons (Fsp3) is 0.375. The number of nitrogens with zero attached hydrogens (tertiary/aromatic N) is 1. The molecule has 0 fully saturated rings. The van der Waals surface area contributed by atoms with Crippen molar-refractivity contribution in [1.82, 2.24) is 4.90 Å². The highest BCUT2D eigenvalue weighted by molar-refractivity contribution is 5.89. The normalized spacial score (nSPS) is 15.7. The summed E-state index contributed by atoms with van der Waals surface area (Å²) in [4.78, 5) is 29.0. The molecule has 1 aliphatic heterocycles. The first-order valence-electron chi connectivity index (χ1n) is 13.3. The van der Waals surface area contributed by atoms with Crippen molar-refractivity contribution in [3.63, 3.8) is 0 Å². The molecule has 0 saturated carbocycles. The van der Waals surface area contributed by atoms with Crippen LogP contribution >= 0.6 is 0 Å². The van der Waals surface area contributed by atoms with E-state index >= 15 is 0 Å². The molecule has 7 nitrogen and oxygen atoms in total. The second-order valence-corrected chi connectivity index (χ2v) is 10.5. The number of carbonyl (C=O) groups excluding carboxylic acids is 2. The highest BCUT2D eigenvalue weighted by Crippen LogP contribution is 2.40. The van der Waals surface area contributed by atoms with Crippen LogP contribution in [-0.2, 0) is 38.6 Å². The van der Waals surface area contributed by atoms with Crippen molar-refractivity contribution in [1.29, 1.82) is 0 Å². The molecular formula is C32H37NO6. The van der Waals surface area contributed by atoms with Crippen molar-refractivity contribution >= 4 is 11.9 Å². The maximum absolute atomic E-state index is 14.2. The Morgan fingerprint density at radius 2 is 1.64 bits per heavy atom. The molecule has 3 aromatic rings.